The van der Waals surface area contributed by atoms with Gasteiger partial charge in [0, 0.05) is 18.7 Å². The van der Waals surface area contributed by atoms with Crippen LogP contribution in [0.25, 0.3) is 0 Å². The zero-order valence-electron chi connectivity index (χ0n) is 15.1. The number of methoxy groups -OCH3 is 1. The monoisotopic (exact) mass is 353 g/mol. The van der Waals surface area contributed by atoms with Crippen molar-refractivity contribution in [1.82, 2.24) is 4.90 Å². The van der Waals surface area contributed by atoms with Crippen LogP contribution in [0.3, 0.4) is 0 Å². The number of piperidine rings is 1. The fourth-order valence-corrected chi connectivity index (χ4v) is 3.61. The minimum Gasteiger partial charge on any atom is -0.496 e. The first kappa shape index (κ1) is 18.0. The molecular weight excluding hydrogens is 330 g/mol. The van der Waals surface area contributed by atoms with Crippen LogP contribution in [-0.2, 0) is 10.2 Å². The van der Waals surface area contributed by atoms with Gasteiger partial charge in [0.1, 0.15) is 5.75 Å². The van der Waals surface area contributed by atoms with Gasteiger partial charge in [-0.3, -0.25) is 9.59 Å². The lowest BCUT2D eigenvalue weighted by atomic mass is 9.72. The summed E-state index contributed by atoms with van der Waals surface area (Å²) in [5.74, 6) is -0.236. The number of ether oxygens (including phenoxy) is 1. The Morgan fingerprint density at radius 2 is 1.73 bits per heavy atom. The summed E-state index contributed by atoms with van der Waals surface area (Å²) in [6.45, 7) is 2.75. The van der Waals surface area contributed by atoms with Crippen LogP contribution >= 0.6 is 0 Å². The van der Waals surface area contributed by atoms with E-state index < -0.39 is 11.4 Å². The zero-order valence-corrected chi connectivity index (χ0v) is 15.1. The number of aliphatic carboxylic acids is 1. The Kier molecular flexibility index (Phi) is 4.98. The molecule has 0 aromatic heterocycles. The number of carboxylic acids is 1. The van der Waals surface area contributed by atoms with Crippen LogP contribution in [-0.4, -0.2) is 42.1 Å². The van der Waals surface area contributed by atoms with Crippen LogP contribution in [0.15, 0.2) is 48.5 Å². The minimum absolute atomic E-state index is 0.0876. The predicted molar refractivity (Wildman–Crippen MR) is 98.6 cm³/mol. The normalized spacial score (nSPS) is 16.2. The number of carboxylic acid groups (broad SMARTS) is 1. The van der Waals surface area contributed by atoms with Crippen molar-refractivity contribution in [2.45, 2.75) is 25.2 Å². The third kappa shape index (κ3) is 3.17. The first-order valence-corrected chi connectivity index (χ1v) is 8.71. The van der Waals surface area contributed by atoms with Crippen LogP contribution in [0.2, 0.25) is 0 Å². The molecule has 1 N–H and O–H groups in total. The fourth-order valence-electron chi connectivity index (χ4n) is 3.61. The molecular formula is C21H23NO4. The van der Waals surface area contributed by atoms with E-state index in [0.29, 0.717) is 37.2 Å². The van der Waals surface area contributed by atoms with Crippen molar-refractivity contribution in [3.05, 3.63) is 65.2 Å². The molecule has 1 aliphatic rings. The molecule has 2 aromatic rings. The third-order valence-electron chi connectivity index (χ3n) is 5.29. The Bertz CT molecular complexity index is 808. The highest BCUT2D eigenvalue weighted by Gasteiger charge is 2.43. The molecule has 0 aliphatic carbocycles. The van der Waals surface area contributed by atoms with E-state index in [-0.39, 0.29) is 5.91 Å². The highest BCUT2D eigenvalue weighted by atomic mass is 16.5. The molecule has 0 spiro atoms. The van der Waals surface area contributed by atoms with Gasteiger partial charge in [-0.2, -0.15) is 0 Å². The van der Waals surface area contributed by atoms with E-state index in [1.807, 2.05) is 43.3 Å². The Labute approximate surface area is 153 Å². The maximum absolute atomic E-state index is 12.8. The summed E-state index contributed by atoms with van der Waals surface area (Å²) < 4.78 is 5.30. The first-order chi connectivity index (χ1) is 12.5. The van der Waals surface area contributed by atoms with Crippen molar-refractivity contribution in [2.24, 2.45) is 0 Å². The predicted octanol–water partition coefficient (Wildman–Crippen LogP) is 3.26. The van der Waals surface area contributed by atoms with Gasteiger partial charge in [-0.15, -0.1) is 0 Å². The molecule has 0 unspecified atom stereocenters. The first-order valence-electron chi connectivity index (χ1n) is 8.71. The standard InChI is InChI=1S/C21H23NO4/c1-15-8-9-16(14-18(15)26-2)19(23)22-12-10-21(11-13-22,20(24)25)17-6-4-3-5-7-17/h3-9,14H,10-13H2,1-2H3,(H,24,25). The molecule has 5 nitrogen and oxygen atoms in total. The van der Waals surface area contributed by atoms with Gasteiger partial charge in [-0.1, -0.05) is 36.4 Å². The van der Waals surface area contributed by atoms with Gasteiger partial charge >= 0.3 is 5.97 Å². The summed E-state index contributed by atoms with van der Waals surface area (Å²) in [6.07, 6.45) is 0.808. The Morgan fingerprint density at radius 1 is 1.08 bits per heavy atom. The van der Waals surface area contributed by atoms with Gasteiger partial charge in [0.25, 0.3) is 5.91 Å². The second-order valence-electron chi connectivity index (χ2n) is 6.73. The van der Waals surface area contributed by atoms with Crippen LogP contribution < -0.4 is 4.74 Å². The summed E-state index contributed by atoms with van der Waals surface area (Å²) in [4.78, 5) is 26.6. The second-order valence-corrected chi connectivity index (χ2v) is 6.73. The number of carbonyl (C=O) groups is 2. The number of rotatable bonds is 4. The lowest BCUT2D eigenvalue weighted by molar-refractivity contribution is -0.145. The van der Waals surface area contributed by atoms with Crippen LogP contribution in [0.1, 0.15) is 34.3 Å². The number of benzene rings is 2. The topological polar surface area (TPSA) is 66.8 Å². The fraction of sp³-hybridized carbons (Fsp3) is 0.333. The summed E-state index contributed by atoms with van der Waals surface area (Å²) in [6, 6.07) is 14.7. The second kappa shape index (κ2) is 7.20. The number of nitrogens with zero attached hydrogens (tertiary/aromatic N) is 1. The number of hydrogen-bond acceptors (Lipinski definition) is 3. The van der Waals surface area contributed by atoms with E-state index in [4.69, 9.17) is 4.74 Å². The highest BCUT2D eigenvalue weighted by Crippen LogP contribution is 2.36. The molecule has 26 heavy (non-hydrogen) atoms. The Balaban J connectivity index is 1.79. The largest absolute Gasteiger partial charge is 0.496 e. The molecule has 1 saturated heterocycles. The lowest BCUT2D eigenvalue weighted by Gasteiger charge is -2.39. The van der Waals surface area contributed by atoms with Gasteiger partial charge < -0.3 is 14.7 Å². The molecule has 136 valence electrons. The Hall–Kier alpha value is -2.82. The van der Waals surface area contributed by atoms with E-state index in [9.17, 15) is 14.7 Å². The molecule has 1 heterocycles. The molecule has 2 aromatic carbocycles. The number of hydrogen-bond donors (Lipinski definition) is 1. The average molecular weight is 353 g/mol. The summed E-state index contributed by atoms with van der Waals surface area (Å²) in [7, 11) is 1.58. The van der Waals surface area contributed by atoms with Crippen LogP contribution in [0, 0.1) is 6.92 Å². The molecule has 0 bridgehead atoms. The van der Waals surface area contributed by atoms with Gasteiger partial charge in [0.05, 0.1) is 12.5 Å². The van der Waals surface area contributed by atoms with Crippen molar-refractivity contribution >= 4 is 11.9 Å². The molecule has 0 saturated carbocycles. The van der Waals surface area contributed by atoms with Gasteiger partial charge in [0.2, 0.25) is 0 Å². The van der Waals surface area contributed by atoms with Crippen molar-refractivity contribution in [3.63, 3.8) is 0 Å². The van der Waals surface area contributed by atoms with E-state index in [1.54, 1.807) is 24.1 Å². The number of likely N-dealkylation sites (tertiary alicyclic amines) is 1. The Morgan fingerprint density at radius 3 is 2.31 bits per heavy atom. The molecule has 5 heteroatoms. The maximum Gasteiger partial charge on any atom is 0.314 e. The van der Waals surface area contributed by atoms with E-state index >= 15 is 0 Å². The number of carbonyl (C=O) groups excluding carboxylic acids is 1. The van der Waals surface area contributed by atoms with E-state index in [1.165, 1.54) is 0 Å². The van der Waals surface area contributed by atoms with Gasteiger partial charge in [0.15, 0.2) is 0 Å². The van der Waals surface area contributed by atoms with E-state index in [2.05, 4.69) is 0 Å². The summed E-state index contributed by atoms with van der Waals surface area (Å²) in [5, 5.41) is 9.86. The molecule has 1 fully saturated rings. The highest BCUT2D eigenvalue weighted by molar-refractivity contribution is 5.95. The molecule has 0 atom stereocenters. The average Bonchev–Trinajstić information content (AvgIpc) is 2.68. The molecule has 1 amide bonds. The van der Waals surface area contributed by atoms with Gasteiger partial charge in [-0.05, 0) is 43.0 Å². The molecule has 0 radical (unpaired) electrons. The smallest absolute Gasteiger partial charge is 0.314 e. The number of aryl methyl sites for hydroxylation is 1. The third-order valence-corrected chi connectivity index (χ3v) is 5.29. The van der Waals surface area contributed by atoms with Gasteiger partial charge in [-0.25, -0.2) is 0 Å². The quantitative estimate of drug-likeness (QED) is 0.916. The van der Waals surface area contributed by atoms with Crippen molar-refractivity contribution in [1.29, 1.82) is 0 Å². The number of amides is 1. The minimum atomic E-state index is -0.928. The lowest BCUT2D eigenvalue weighted by Crippen LogP contribution is -2.49. The SMILES string of the molecule is COc1cc(C(=O)N2CCC(C(=O)O)(c3ccccc3)CC2)ccc1C. The van der Waals surface area contributed by atoms with Crippen LogP contribution in [0.4, 0.5) is 0 Å². The van der Waals surface area contributed by atoms with E-state index in [0.717, 1.165) is 11.1 Å². The summed E-state index contributed by atoms with van der Waals surface area (Å²) in [5.41, 5.74) is 1.41. The van der Waals surface area contributed by atoms with Crippen molar-refractivity contribution in [3.8, 4) is 5.75 Å². The van der Waals surface area contributed by atoms with Crippen molar-refractivity contribution < 1.29 is 19.4 Å². The molecule has 3 rings (SSSR count). The molecule has 1 aliphatic heterocycles. The maximum atomic E-state index is 12.8. The van der Waals surface area contributed by atoms with Crippen LogP contribution in [0.5, 0.6) is 5.75 Å². The summed E-state index contributed by atoms with van der Waals surface area (Å²) >= 11 is 0. The van der Waals surface area contributed by atoms with Crippen molar-refractivity contribution in [2.75, 3.05) is 20.2 Å². The zero-order chi connectivity index (χ0) is 18.7.